The average Bonchev–Trinajstić information content (AvgIpc) is 2.66. The van der Waals surface area contributed by atoms with Gasteiger partial charge in [0.1, 0.15) is 0 Å². The monoisotopic (exact) mass is 374 g/mol. The van der Waals surface area contributed by atoms with Crippen molar-refractivity contribution in [1.82, 2.24) is 4.98 Å². The van der Waals surface area contributed by atoms with Crippen LogP contribution >= 0.6 is 0 Å². The number of methoxy groups -OCH3 is 4. The number of fused-ring (bicyclic) bond motifs is 1. The molecule has 0 aliphatic rings. The Hall–Kier alpha value is -2.66. The number of para-hydroxylation sites is 1. The molecule has 3 aromatic rings. The molecule has 0 unspecified atom stereocenters. The number of nitrogens with zero attached hydrogens (tertiary/aromatic N) is 1. The second kappa shape index (κ2) is 8.63. The van der Waals surface area contributed by atoms with Crippen LogP contribution < -0.4 is 31.4 Å². The van der Waals surface area contributed by atoms with Gasteiger partial charge >= 0.3 is 0 Å². The lowest BCUT2D eigenvalue weighted by atomic mass is 10.0. The smallest absolute Gasteiger partial charge is 0.164 e. The fourth-order valence-electron chi connectivity index (χ4n) is 2.97. The van der Waals surface area contributed by atoms with E-state index in [2.05, 4.69) is 4.98 Å². The Morgan fingerprint density at radius 2 is 1.50 bits per heavy atom. The Bertz CT molecular complexity index is 898. The molecule has 0 atom stereocenters. The Kier molecular flexibility index (Phi) is 6.52. The summed E-state index contributed by atoms with van der Waals surface area (Å²) < 4.78 is 21.7. The number of halogens is 1. The van der Waals surface area contributed by atoms with Crippen LogP contribution in [-0.2, 0) is 6.42 Å². The van der Waals surface area contributed by atoms with Crippen LogP contribution in [-0.4, -0.2) is 33.4 Å². The maximum Gasteiger partial charge on any atom is 0.164 e. The van der Waals surface area contributed by atoms with Crippen LogP contribution in [0.3, 0.4) is 0 Å². The van der Waals surface area contributed by atoms with E-state index in [4.69, 9.17) is 18.9 Å². The van der Waals surface area contributed by atoms with Crippen molar-refractivity contribution in [1.29, 1.82) is 0 Å². The quantitative estimate of drug-likeness (QED) is 0.640. The molecule has 26 heavy (non-hydrogen) atoms. The Morgan fingerprint density at radius 3 is 2.15 bits per heavy atom. The minimum atomic E-state index is 0. The average molecular weight is 375 g/mol. The fraction of sp³-hybridized carbons (Fsp3) is 0.250. The third kappa shape index (κ3) is 3.63. The summed E-state index contributed by atoms with van der Waals surface area (Å²) >= 11 is 0. The normalized spacial score (nSPS) is 10.2. The molecule has 0 aliphatic heterocycles. The number of hydrogen-bond acceptors (Lipinski definition) is 5. The molecule has 138 valence electrons. The molecule has 0 saturated carbocycles. The van der Waals surface area contributed by atoms with Gasteiger partial charge in [-0.05, 0) is 29.7 Å². The second-order valence-electron chi connectivity index (χ2n) is 5.52. The van der Waals surface area contributed by atoms with Crippen LogP contribution in [0.2, 0.25) is 0 Å². The highest BCUT2D eigenvalue weighted by molar-refractivity contribution is 5.88. The number of hydrogen-bond donors (Lipinski definition) is 0. The summed E-state index contributed by atoms with van der Waals surface area (Å²) in [5.41, 5.74) is 1.95. The topological polar surface area (TPSA) is 49.8 Å². The molecular weight excluding hydrogens is 354 g/mol. The number of benzene rings is 2. The van der Waals surface area contributed by atoms with E-state index in [-0.39, 0.29) is 12.4 Å². The third-order valence-electron chi connectivity index (χ3n) is 4.19. The highest BCUT2D eigenvalue weighted by Gasteiger charge is 2.14. The molecule has 0 fully saturated rings. The molecule has 0 aliphatic carbocycles. The Balaban J connectivity index is 0.00000243. The van der Waals surface area contributed by atoms with Gasteiger partial charge in [-0.2, -0.15) is 0 Å². The first-order chi connectivity index (χ1) is 12.2. The van der Waals surface area contributed by atoms with E-state index >= 15 is 0 Å². The summed E-state index contributed by atoms with van der Waals surface area (Å²) in [6, 6.07) is 11.7. The summed E-state index contributed by atoms with van der Waals surface area (Å²) in [5.74, 6) is 2.82. The van der Waals surface area contributed by atoms with Crippen molar-refractivity contribution in [3.05, 3.63) is 53.9 Å². The van der Waals surface area contributed by atoms with Crippen LogP contribution in [0.25, 0.3) is 10.8 Å². The van der Waals surface area contributed by atoms with Gasteiger partial charge in [-0.1, -0.05) is 12.1 Å². The van der Waals surface area contributed by atoms with Crippen LogP contribution in [0.4, 0.5) is 0 Å². The van der Waals surface area contributed by atoms with Crippen molar-refractivity contribution in [2.45, 2.75) is 6.42 Å². The van der Waals surface area contributed by atoms with Crippen LogP contribution in [0.15, 0.2) is 42.6 Å². The largest absolute Gasteiger partial charge is 1.00 e. The van der Waals surface area contributed by atoms with E-state index in [1.54, 1.807) is 34.6 Å². The van der Waals surface area contributed by atoms with Crippen molar-refractivity contribution in [3.8, 4) is 23.0 Å². The van der Waals surface area contributed by atoms with Gasteiger partial charge in [0.15, 0.2) is 23.0 Å². The fourth-order valence-corrected chi connectivity index (χ4v) is 2.97. The summed E-state index contributed by atoms with van der Waals surface area (Å²) in [4.78, 5) is 4.57. The number of ether oxygens (including phenoxy) is 4. The number of pyridine rings is 1. The first-order valence-electron chi connectivity index (χ1n) is 7.91. The number of aromatic nitrogens is 1. The maximum atomic E-state index is 5.54. The highest BCUT2D eigenvalue weighted by Crippen LogP contribution is 2.36. The van der Waals surface area contributed by atoms with Gasteiger partial charge in [-0.15, -0.1) is 0 Å². The van der Waals surface area contributed by atoms with E-state index in [9.17, 15) is 0 Å². The molecule has 0 spiro atoms. The summed E-state index contributed by atoms with van der Waals surface area (Å²) in [6.07, 6.45) is 2.42. The second-order valence-corrected chi connectivity index (χ2v) is 5.52. The number of rotatable bonds is 6. The minimum Gasteiger partial charge on any atom is -1.00 e. The van der Waals surface area contributed by atoms with Crippen molar-refractivity contribution >= 4 is 10.8 Å². The molecule has 0 radical (unpaired) electrons. The summed E-state index contributed by atoms with van der Waals surface area (Å²) in [6.45, 7) is 0. The summed E-state index contributed by atoms with van der Waals surface area (Å²) in [5, 5.41) is 2.06. The van der Waals surface area contributed by atoms with Crippen molar-refractivity contribution in [2.24, 2.45) is 0 Å². The molecule has 1 heterocycles. The minimum absolute atomic E-state index is 0. The molecule has 0 N–H and O–H groups in total. The van der Waals surface area contributed by atoms with Gasteiger partial charge in [-0.25, -0.2) is 0 Å². The first-order valence-corrected chi connectivity index (χ1v) is 7.91. The molecule has 0 saturated heterocycles. The summed E-state index contributed by atoms with van der Waals surface area (Å²) in [7, 11) is 6.54. The van der Waals surface area contributed by atoms with Gasteiger partial charge in [0, 0.05) is 23.6 Å². The molecule has 5 nitrogen and oxygen atoms in total. The SMILES string of the molecule is COc1cc2ccnc(Cc3cccc(OC)c3OC)c2cc1OC.[Cl-]. The zero-order chi connectivity index (χ0) is 17.8. The first kappa shape index (κ1) is 19.7. The van der Waals surface area contributed by atoms with Crippen molar-refractivity contribution in [2.75, 3.05) is 28.4 Å². The third-order valence-corrected chi connectivity index (χ3v) is 4.19. The van der Waals surface area contributed by atoms with E-state index in [1.807, 2.05) is 36.4 Å². The standard InChI is InChI=1S/C20H21NO4.ClH/c1-22-17-7-5-6-14(20(17)25-4)10-16-15-12-19(24-3)18(23-2)11-13(15)8-9-21-16;/h5-9,11-12H,10H2,1-4H3;1H/p-1. The van der Waals surface area contributed by atoms with Crippen molar-refractivity contribution < 1.29 is 31.4 Å². The maximum absolute atomic E-state index is 5.54. The van der Waals surface area contributed by atoms with Crippen molar-refractivity contribution in [3.63, 3.8) is 0 Å². The molecular formula is C20H21ClNO4-. The predicted molar refractivity (Wildman–Crippen MR) is 97.2 cm³/mol. The molecule has 0 amide bonds. The van der Waals surface area contributed by atoms with Crippen LogP contribution in [0, 0.1) is 0 Å². The molecule has 3 rings (SSSR count). The van der Waals surface area contributed by atoms with Gasteiger partial charge in [0.2, 0.25) is 0 Å². The van der Waals surface area contributed by atoms with Gasteiger partial charge in [0.05, 0.1) is 34.1 Å². The molecule has 2 aromatic carbocycles. The molecule has 6 heteroatoms. The molecule has 1 aromatic heterocycles. The lowest BCUT2D eigenvalue weighted by Crippen LogP contribution is -3.00. The van der Waals surface area contributed by atoms with E-state index in [1.165, 1.54) is 0 Å². The molecule has 0 bridgehead atoms. The Morgan fingerprint density at radius 1 is 0.808 bits per heavy atom. The van der Waals surface area contributed by atoms with E-state index in [0.29, 0.717) is 23.7 Å². The van der Waals surface area contributed by atoms with Crippen LogP contribution in [0.1, 0.15) is 11.3 Å². The van der Waals surface area contributed by atoms with Gasteiger partial charge < -0.3 is 31.4 Å². The zero-order valence-electron chi connectivity index (χ0n) is 15.2. The van der Waals surface area contributed by atoms with E-state index in [0.717, 1.165) is 27.8 Å². The lowest BCUT2D eigenvalue weighted by Gasteiger charge is -2.14. The highest BCUT2D eigenvalue weighted by atomic mass is 35.5. The Labute approximate surface area is 159 Å². The van der Waals surface area contributed by atoms with Gasteiger partial charge in [0.25, 0.3) is 0 Å². The zero-order valence-corrected chi connectivity index (χ0v) is 16.0. The van der Waals surface area contributed by atoms with Crippen LogP contribution in [0.5, 0.6) is 23.0 Å². The lowest BCUT2D eigenvalue weighted by molar-refractivity contribution is -0.00000614. The van der Waals surface area contributed by atoms with E-state index < -0.39 is 0 Å². The predicted octanol–water partition coefficient (Wildman–Crippen LogP) is 0.864. The van der Waals surface area contributed by atoms with Gasteiger partial charge in [-0.3, -0.25) is 4.98 Å².